The van der Waals surface area contributed by atoms with Gasteiger partial charge in [-0.15, -0.1) is 13.1 Å². The first kappa shape index (κ1) is 16.5. The fraction of sp³-hybridized carbons (Fsp3) is 0.333. The number of hydrogen-bond donors (Lipinski definition) is 0. The molecule has 0 saturated carbocycles. The predicted molar refractivity (Wildman–Crippen MR) is 66.0 cm³/mol. The number of hydrogen-bond acceptors (Lipinski definition) is 2. The summed E-state index contributed by atoms with van der Waals surface area (Å²) in [5.41, 5.74) is 1.03. The maximum absolute atomic E-state index is 11.7. The van der Waals surface area contributed by atoms with Gasteiger partial charge in [0.2, 0.25) is 0 Å². The molecule has 0 bridgehead atoms. The Bertz CT molecular complexity index is 440. The first-order chi connectivity index (χ1) is 7.56. The molecule has 0 fully saturated rings. The second-order valence-corrected chi connectivity index (χ2v) is 5.25. The minimum absolute atomic E-state index is 0. The van der Waals surface area contributed by atoms with Crippen molar-refractivity contribution < 1.29 is 27.3 Å². The van der Waals surface area contributed by atoms with E-state index in [0.717, 1.165) is 12.0 Å². The summed E-state index contributed by atoms with van der Waals surface area (Å²) in [7, 11) is -3.47. The monoisotopic (exact) mass is 245 g/mol. The first-order valence-corrected chi connectivity index (χ1v) is 6.61. The third-order valence-corrected chi connectivity index (χ3v) is 3.54. The minimum atomic E-state index is -3.47. The molecule has 0 aliphatic carbocycles. The summed E-state index contributed by atoms with van der Waals surface area (Å²) in [6.07, 6.45) is 3.26. The van der Waals surface area contributed by atoms with Crippen molar-refractivity contribution in [3.05, 3.63) is 47.2 Å². The van der Waals surface area contributed by atoms with E-state index in [2.05, 4.69) is 11.3 Å². The number of unbranched alkanes of at least 4 members (excludes halogenated alkanes) is 1. The third-order valence-electron chi connectivity index (χ3n) is 2.15. The summed E-state index contributed by atoms with van der Waals surface area (Å²) < 4.78 is 27.1. The zero-order valence-corrected chi connectivity index (χ0v) is 11.2. The summed E-state index contributed by atoms with van der Waals surface area (Å²) in [6.45, 7) is 5.81. The van der Waals surface area contributed by atoms with Gasteiger partial charge in [0, 0.05) is 4.90 Å². The van der Waals surface area contributed by atoms with Gasteiger partial charge < -0.3 is 4.72 Å². The molecule has 0 saturated heterocycles. The van der Waals surface area contributed by atoms with Crippen LogP contribution in [0.3, 0.4) is 0 Å². The molecular formula is C12H16LiNO2S. The molecule has 0 aromatic heterocycles. The van der Waals surface area contributed by atoms with Gasteiger partial charge in [-0.3, -0.25) is 0 Å². The molecular weight excluding hydrogens is 229 g/mol. The first-order valence-electron chi connectivity index (χ1n) is 5.17. The van der Waals surface area contributed by atoms with Crippen molar-refractivity contribution in [2.75, 3.05) is 6.54 Å². The van der Waals surface area contributed by atoms with Crippen LogP contribution in [0.4, 0.5) is 0 Å². The molecule has 0 aliphatic rings. The molecule has 17 heavy (non-hydrogen) atoms. The Labute approximate surface area is 116 Å². The van der Waals surface area contributed by atoms with E-state index in [1.54, 1.807) is 30.3 Å². The van der Waals surface area contributed by atoms with Crippen LogP contribution in [0.1, 0.15) is 18.4 Å². The van der Waals surface area contributed by atoms with Crippen molar-refractivity contribution in [1.29, 1.82) is 0 Å². The number of allylic oxidation sites excluding steroid dienone is 1. The van der Waals surface area contributed by atoms with Crippen molar-refractivity contribution in [3.63, 3.8) is 0 Å². The molecule has 88 valence electrons. The Balaban J connectivity index is 0.00000256. The Morgan fingerprint density at radius 2 is 1.88 bits per heavy atom. The van der Waals surface area contributed by atoms with Gasteiger partial charge in [-0.2, -0.15) is 0 Å². The smallest absolute Gasteiger partial charge is 0.545 e. The van der Waals surface area contributed by atoms with E-state index in [-0.39, 0.29) is 23.8 Å². The number of benzene rings is 1. The van der Waals surface area contributed by atoms with Gasteiger partial charge in [-0.25, -0.2) is 8.42 Å². The van der Waals surface area contributed by atoms with Crippen molar-refractivity contribution in [1.82, 2.24) is 0 Å². The van der Waals surface area contributed by atoms with Crippen LogP contribution in [0.15, 0.2) is 41.8 Å². The SMILES string of the molecule is C=CCCC[N-]S(=O)(=O)c1ccc(C)cc1.[Li+]. The van der Waals surface area contributed by atoms with Crippen LogP contribution in [0.5, 0.6) is 0 Å². The van der Waals surface area contributed by atoms with E-state index in [1.165, 1.54) is 0 Å². The van der Waals surface area contributed by atoms with E-state index < -0.39 is 10.0 Å². The number of aryl methyl sites for hydroxylation is 1. The van der Waals surface area contributed by atoms with Crippen molar-refractivity contribution in [2.45, 2.75) is 24.7 Å². The summed E-state index contributed by atoms with van der Waals surface area (Å²) >= 11 is 0. The van der Waals surface area contributed by atoms with Crippen LogP contribution in [-0.2, 0) is 10.0 Å². The van der Waals surface area contributed by atoms with Gasteiger partial charge in [-0.1, -0.05) is 30.2 Å². The largest absolute Gasteiger partial charge is 1.00 e. The Morgan fingerprint density at radius 3 is 2.41 bits per heavy atom. The zero-order valence-electron chi connectivity index (χ0n) is 10.4. The molecule has 3 nitrogen and oxygen atoms in total. The summed E-state index contributed by atoms with van der Waals surface area (Å²) in [6, 6.07) is 6.71. The van der Waals surface area contributed by atoms with E-state index in [0.29, 0.717) is 13.0 Å². The minimum Gasteiger partial charge on any atom is -0.545 e. The van der Waals surface area contributed by atoms with Crippen LogP contribution in [0.25, 0.3) is 4.72 Å². The van der Waals surface area contributed by atoms with Gasteiger partial charge >= 0.3 is 18.9 Å². The Morgan fingerprint density at radius 1 is 1.29 bits per heavy atom. The number of rotatable bonds is 6. The van der Waals surface area contributed by atoms with Gasteiger partial charge in [0.05, 0.1) is 0 Å². The van der Waals surface area contributed by atoms with Crippen LogP contribution >= 0.6 is 0 Å². The van der Waals surface area contributed by atoms with Crippen molar-refractivity contribution in [2.24, 2.45) is 0 Å². The molecule has 0 N–H and O–H groups in total. The van der Waals surface area contributed by atoms with Gasteiger partial charge in [0.25, 0.3) is 0 Å². The van der Waals surface area contributed by atoms with Crippen molar-refractivity contribution in [3.8, 4) is 0 Å². The second kappa shape index (κ2) is 7.73. The normalized spacial score (nSPS) is 10.6. The van der Waals surface area contributed by atoms with E-state index in [1.807, 2.05) is 6.92 Å². The van der Waals surface area contributed by atoms with E-state index in [4.69, 9.17) is 0 Å². The molecule has 0 amide bonds. The molecule has 1 aromatic rings. The van der Waals surface area contributed by atoms with Crippen molar-refractivity contribution >= 4 is 10.0 Å². The predicted octanol–water partition coefficient (Wildman–Crippen LogP) is 0.0276. The van der Waals surface area contributed by atoms with Crippen LogP contribution in [0.2, 0.25) is 0 Å². The molecule has 0 spiro atoms. The summed E-state index contributed by atoms with van der Waals surface area (Å²) in [4.78, 5) is 0.261. The van der Waals surface area contributed by atoms with Crippen LogP contribution < -0.4 is 18.9 Å². The van der Waals surface area contributed by atoms with E-state index in [9.17, 15) is 8.42 Å². The molecule has 0 unspecified atom stereocenters. The average Bonchev–Trinajstić information content (AvgIpc) is 2.25. The third kappa shape index (κ3) is 5.56. The Kier molecular flexibility index (Phi) is 7.49. The van der Waals surface area contributed by atoms with Crippen LogP contribution in [0, 0.1) is 6.92 Å². The fourth-order valence-corrected chi connectivity index (χ4v) is 2.20. The van der Waals surface area contributed by atoms with E-state index >= 15 is 0 Å². The van der Waals surface area contributed by atoms with Gasteiger partial charge in [0.1, 0.15) is 10.0 Å². The molecule has 0 atom stereocenters. The summed E-state index contributed by atoms with van der Waals surface area (Å²) in [5, 5.41) is 0. The molecule has 1 aromatic carbocycles. The maximum atomic E-state index is 11.7. The Hall–Kier alpha value is -0.533. The van der Waals surface area contributed by atoms with Crippen LogP contribution in [-0.4, -0.2) is 15.0 Å². The molecule has 0 heterocycles. The fourth-order valence-electron chi connectivity index (χ4n) is 1.21. The zero-order chi connectivity index (χ0) is 12.0. The number of sulfonamides is 1. The molecule has 0 aliphatic heterocycles. The standard InChI is InChI=1S/C12H16NO2S.Li/c1-3-4-5-10-13-16(14,15)12-8-6-11(2)7-9-12;/h3,6-9H,1,4-5,10H2,2H3;/q-1;+1. The van der Waals surface area contributed by atoms with Gasteiger partial charge in [-0.05, 0) is 25.5 Å². The topological polar surface area (TPSA) is 48.2 Å². The van der Waals surface area contributed by atoms with Gasteiger partial charge in [0.15, 0.2) is 0 Å². The molecule has 1 rings (SSSR count). The molecule has 5 heteroatoms. The average molecular weight is 245 g/mol. The summed E-state index contributed by atoms with van der Waals surface area (Å²) in [5.74, 6) is 0. The maximum Gasteiger partial charge on any atom is 1.00 e. The quantitative estimate of drug-likeness (QED) is 0.403. The number of nitrogens with zero attached hydrogens (tertiary/aromatic N) is 1. The second-order valence-electron chi connectivity index (χ2n) is 3.57. The molecule has 0 radical (unpaired) electrons.